The lowest BCUT2D eigenvalue weighted by molar-refractivity contribution is 0.162. The Morgan fingerprint density at radius 2 is 1.78 bits per heavy atom. The molecule has 0 aromatic rings. The van der Waals surface area contributed by atoms with Crippen LogP contribution >= 0.6 is 0 Å². The first-order chi connectivity index (χ1) is 8.65. The van der Waals surface area contributed by atoms with E-state index in [0.717, 1.165) is 31.7 Å². The first-order valence-electron chi connectivity index (χ1n) is 7.59. The van der Waals surface area contributed by atoms with Gasteiger partial charge in [-0.3, -0.25) is 0 Å². The molecule has 3 heteroatoms. The Hall–Kier alpha value is -0.120. The van der Waals surface area contributed by atoms with E-state index in [-0.39, 0.29) is 0 Å². The summed E-state index contributed by atoms with van der Waals surface area (Å²) in [7, 11) is 1.75. The lowest BCUT2D eigenvalue weighted by atomic mass is 10.1. The van der Waals surface area contributed by atoms with E-state index < -0.39 is 0 Å². The molecule has 0 aliphatic heterocycles. The Labute approximate surface area is 114 Å². The number of hydrogen-bond donors (Lipinski definition) is 1. The Kier molecular flexibility index (Phi) is 11.9. The molecule has 0 amide bonds. The third-order valence-electron chi connectivity index (χ3n) is 3.34. The molecule has 18 heavy (non-hydrogen) atoms. The minimum atomic E-state index is 0.756. The van der Waals surface area contributed by atoms with Crippen molar-refractivity contribution in [1.82, 2.24) is 10.2 Å². The number of ether oxygens (including phenoxy) is 1. The highest BCUT2D eigenvalue weighted by Crippen LogP contribution is 2.11. The molecular weight excluding hydrogens is 224 g/mol. The van der Waals surface area contributed by atoms with Crippen LogP contribution in [0.25, 0.3) is 0 Å². The normalized spacial score (nSPS) is 12.0. The summed E-state index contributed by atoms with van der Waals surface area (Å²) in [6.07, 6.45) is 3.76. The van der Waals surface area contributed by atoms with Crippen molar-refractivity contribution in [3.8, 4) is 0 Å². The van der Waals surface area contributed by atoms with Gasteiger partial charge in [-0.1, -0.05) is 27.7 Å². The van der Waals surface area contributed by atoms with Crippen molar-refractivity contribution in [2.24, 2.45) is 5.92 Å². The van der Waals surface area contributed by atoms with E-state index in [4.69, 9.17) is 4.74 Å². The minimum absolute atomic E-state index is 0.756. The first kappa shape index (κ1) is 17.9. The van der Waals surface area contributed by atoms with E-state index >= 15 is 0 Å². The van der Waals surface area contributed by atoms with E-state index in [1.165, 1.54) is 32.4 Å². The molecule has 0 fully saturated rings. The summed E-state index contributed by atoms with van der Waals surface area (Å²) in [5.41, 5.74) is 0. The molecule has 0 aliphatic carbocycles. The molecular formula is C15H34N2O. The summed E-state index contributed by atoms with van der Waals surface area (Å²) in [5.74, 6) is 0.757. The second-order valence-electron chi connectivity index (χ2n) is 5.46. The quantitative estimate of drug-likeness (QED) is 0.545. The van der Waals surface area contributed by atoms with Crippen LogP contribution in [0.4, 0.5) is 0 Å². The summed E-state index contributed by atoms with van der Waals surface area (Å²) >= 11 is 0. The Balaban J connectivity index is 3.86. The van der Waals surface area contributed by atoms with E-state index in [9.17, 15) is 0 Å². The number of rotatable bonds is 12. The number of nitrogens with one attached hydrogen (secondary N) is 1. The van der Waals surface area contributed by atoms with Crippen LogP contribution in [-0.4, -0.2) is 50.8 Å². The van der Waals surface area contributed by atoms with E-state index in [0.29, 0.717) is 0 Å². The topological polar surface area (TPSA) is 24.5 Å². The van der Waals surface area contributed by atoms with Crippen LogP contribution in [0.15, 0.2) is 0 Å². The van der Waals surface area contributed by atoms with Crippen LogP contribution < -0.4 is 5.32 Å². The van der Waals surface area contributed by atoms with Gasteiger partial charge in [-0.15, -0.1) is 0 Å². The monoisotopic (exact) mass is 258 g/mol. The van der Waals surface area contributed by atoms with Crippen molar-refractivity contribution in [3.63, 3.8) is 0 Å². The standard InChI is InChI=1S/C15H34N2O/c1-6-15(7-2)17(13-14(3)4)11-8-9-16-10-12-18-5/h14-16H,6-13H2,1-5H3. The maximum absolute atomic E-state index is 5.02. The molecule has 0 aliphatic rings. The summed E-state index contributed by atoms with van der Waals surface area (Å²) in [6.45, 7) is 14.5. The van der Waals surface area contributed by atoms with Crippen LogP contribution in [0.1, 0.15) is 47.0 Å². The minimum Gasteiger partial charge on any atom is -0.383 e. The van der Waals surface area contributed by atoms with Gasteiger partial charge in [0.2, 0.25) is 0 Å². The summed E-state index contributed by atoms with van der Waals surface area (Å²) < 4.78 is 5.02. The highest BCUT2D eigenvalue weighted by Gasteiger charge is 2.15. The first-order valence-corrected chi connectivity index (χ1v) is 7.59. The molecule has 3 nitrogen and oxygen atoms in total. The van der Waals surface area contributed by atoms with Crippen molar-refractivity contribution in [2.45, 2.75) is 53.0 Å². The molecule has 110 valence electrons. The zero-order chi connectivity index (χ0) is 13.8. The summed E-state index contributed by atoms with van der Waals surface area (Å²) in [6, 6.07) is 0.756. The highest BCUT2D eigenvalue weighted by molar-refractivity contribution is 4.70. The van der Waals surface area contributed by atoms with Crippen molar-refractivity contribution in [3.05, 3.63) is 0 Å². The zero-order valence-corrected chi connectivity index (χ0v) is 13.2. The van der Waals surface area contributed by atoms with E-state index in [1.807, 2.05) is 0 Å². The molecule has 0 unspecified atom stereocenters. The van der Waals surface area contributed by atoms with Crippen molar-refractivity contribution in [1.29, 1.82) is 0 Å². The molecule has 0 atom stereocenters. The molecule has 0 aromatic carbocycles. The second kappa shape index (κ2) is 11.9. The Morgan fingerprint density at radius 1 is 1.11 bits per heavy atom. The molecule has 0 spiro atoms. The van der Waals surface area contributed by atoms with Crippen LogP contribution in [0.5, 0.6) is 0 Å². The molecule has 0 bridgehead atoms. The smallest absolute Gasteiger partial charge is 0.0587 e. The Morgan fingerprint density at radius 3 is 2.28 bits per heavy atom. The fraction of sp³-hybridized carbons (Fsp3) is 1.00. The maximum atomic E-state index is 5.02. The van der Waals surface area contributed by atoms with Crippen LogP contribution in [0.3, 0.4) is 0 Å². The molecule has 0 aromatic heterocycles. The van der Waals surface area contributed by atoms with Gasteiger partial charge in [-0.2, -0.15) is 0 Å². The fourth-order valence-electron chi connectivity index (χ4n) is 2.40. The van der Waals surface area contributed by atoms with Crippen LogP contribution in [-0.2, 0) is 4.74 Å². The van der Waals surface area contributed by atoms with Gasteiger partial charge in [-0.05, 0) is 38.3 Å². The van der Waals surface area contributed by atoms with Gasteiger partial charge >= 0.3 is 0 Å². The van der Waals surface area contributed by atoms with Crippen LogP contribution in [0, 0.1) is 5.92 Å². The van der Waals surface area contributed by atoms with Gasteiger partial charge in [0.15, 0.2) is 0 Å². The summed E-state index contributed by atoms with van der Waals surface area (Å²) in [5, 5.41) is 3.42. The third-order valence-corrected chi connectivity index (χ3v) is 3.34. The average molecular weight is 258 g/mol. The number of nitrogens with zero attached hydrogens (tertiary/aromatic N) is 1. The molecule has 0 saturated carbocycles. The van der Waals surface area contributed by atoms with Gasteiger partial charge in [0.25, 0.3) is 0 Å². The lowest BCUT2D eigenvalue weighted by Crippen LogP contribution is -2.39. The molecule has 1 N–H and O–H groups in total. The Bertz CT molecular complexity index is 170. The number of methoxy groups -OCH3 is 1. The van der Waals surface area contributed by atoms with Crippen molar-refractivity contribution < 1.29 is 4.74 Å². The molecule has 0 rings (SSSR count). The SMILES string of the molecule is CCC(CC)N(CCCNCCOC)CC(C)C. The average Bonchev–Trinajstić information content (AvgIpc) is 2.34. The molecule has 0 heterocycles. The third kappa shape index (κ3) is 8.90. The maximum Gasteiger partial charge on any atom is 0.0587 e. The number of hydrogen-bond acceptors (Lipinski definition) is 3. The van der Waals surface area contributed by atoms with Crippen molar-refractivity contribution >= 4 is 0 Å². The van der Waals surface area contributed by atoms with Crippen molar-refractivity contribution in [2.75, 3.05) is 39.9 Å². The molecule has 0 saturated heterocycles. The van der Waals surface area contributed by atoms with Gasteiger partial charge in [0.05, 0.1) is 6.61 Å². The predicted octanol–water partition coefficient (Wildman–Crippen LogP) is 2.76. The van der Waals surface area contributed by atoms with E-state index in [2.05, 4.69) is 37.9 Å². The largest absolute Gasteiger partial charge is 0.383 e. The lowest BCUT2D eigenvalue weighted by Gasteiger charge is -2.32. The van der Waals surface area contributed by atoms with E-state index in [1.54, 1.807) is 7.11 Å². The predicted molar refractivity (Wildman–Crippen MR) is 80.1 cm³/mol. The fourth-order valence-corrected chi connectivity index (χ4v) is 2.40. The van der Waals surface area contributed by atoms with Gasteiger partial charge in [0, 0.05) is 26.2 Å². The zero-order valence-electron chi connectivity index (χ0n) is 13.2. The van der Waals surface area contributed by atoms with Gasteiger partial charge in [-0.25, -0.2) is 0 Å². The van der Waals surface area contributed by atoms with Gasteiger partial charge < -0.3 is 15.0 Å². The summed E-state index contributed by atoms with van der Waals surface area (Å²) in [4.78, 5) is 2.67. The highest BCUT2D eigenvalue weighted by atomic mass is 16.5. The molecule has 0 radical (unpaired) electrons. The van der Waals surface area contributed by atoms with Gasteiger partial charge in [0.1, 0.15) is 0 Å². The van der Waals surface area contributed by atoms with Crippen LogP contribution in [0.2, 0.25) is 0 Å². The second-order valence-corrected chi connectivity index (χ2v) is 5.46.